The second kappa shape index (κ2) is 9.64. The molecule has 2 aliphatic rings. The Morgan fingerprint density at radius 2 is 1.89 bits per heavy atom. The lowest BCUT2D eigenvalue weighted by molar-refractivity contribution is -0.0641. The lowest BCUT2D eigenvalue weighted by atomic mass is 9.83. The predicted molar refractivity (Wildman–Crippen MR) is 142 cm³/mol. The van der Waals surface area contributed by atoms with Gasteiger partial charge in [-0.2, -0.15) is 0 Å². The molecule has 0 unspecified atom stereocenters. The zero-order chi connectivity index (χ0) is 25.0. The maximum absolute atomic E-state index is 14.3. The monoisotopic (exact) mass is 610 g/mol. The van der Waals surface area contributed by atoms with E-state index >= 15 is 0 Å². The topological polar surface area (TPSA) is 68.4 Å². The molecular weight excluding hydrogens is 590 g/mol. The molecule has 6 rings (SSSR count). The molecule has 0 bridgehead atoms. The molecule has 4 aromatic rings. The molecule has 1 N–H and O–H groups in total. The van der Waals surface area contributed by atoms with Crippen LogP contribution in [0.4, 0.5) is 4.39 Å². The quantitative estimate of drug-likeness (QED) is 0.237. The van der Waals surface area contributed by atoms with E-state index in [1.165, 1.54) is 17.4 Å². The number of aliphatic hydroxyl groups is 1. The number of ether oxygens (including phenoxy) is 1. The maximum atomic E-state index is 14.3. The first kappa shape index (κ1) is 24.8. The van der Waals surface area contributed by atoms with Gasteiger partial charge in [-0.15, -0.1) is 11.3 Å². The van der Waals surface area contributed by atoms with Crippen molar-refractivity contribution in [3.8, 4) is 11.3 Å². The summed E-state index contributed by atoms with van der Waals surface area (Å²) in [5.41, 5.74) is 1.39. The van der Waals surface area contributed by atoms with E-state index in [1.807, 2.05) is 6.07 Å². The van der Waals surface area contributed by atoms with Crippen molar-refractivity contribution in [2.45, 2.75) is 62.8 Å². The minimum Gasteiger partial charge on any atom is -0.383 e. The number of aromatic nitrogens is 2. The highest BCUT2D eigenvalue weighted by Gasteiger charge is 2.39. The van der Waals surface area contributed by atoms with E-state index in [1.54, 1.807) is 18.2 Å². The molecule has 5 nitrogen and oxygen atoms in total. The summed E-state index contributed by atoms with van der Waals surface area (Å²) in [7, 11) is 0. The van der Waals surface area contributed by atoms with Crippen LogP contribution in [0.2, 0.25) is 10.0 Å². The molecule has 0 amide bonds. The van der Waals surface area contributed by atoms with Gasteiger partial charge in [-0.3, -0.25) is 0 Å². The smallest absolute Gasteiger partial charge is 0.151 e. The van der Waals surface area contributed by atoms with Crippen LogP contribution in [0.1, 0.15) is 60.8 Å². The predicted octanol–water partition coefficient (Wildman–Crippen LogP) is 8.38. The molecular formula is C26H22BrCl2FN2O3S. The minimum atomic E-state index is -1.09. The summed E-state index contributed by atoms with van der Waals surface area (Å²) in [5.74, 6) is 0.801. The number of benzene rings is 2. The second-order valence-electron chi connectivity index (χ2n) is 9.54. The fraction of sp³-hybridized carbons (Fsp3) is 0.385. The third kappa shape index (κ3) is 4.61. The summed E-state index contributed by atoms with van der Waals surface area (Å²) < 4.78 is 27.8. The highest BCUT2D eigenvalue weighted by molar-refractivity contribution is 9.10. The number of nitrogens with zero attached hydrogens (tertiary/aromatic N) is 2. The molecule has 36 heavy (non-hydrogen) atoms. The Morgan fingerprint density at radius 1 is 1.17 bits per heavy atom. The summed E-state index contributed by atoms with van der Waals surface area (Å²) in [6.45, 7) is 0.329. The molecule has 0 saturated heterocycles. The van der Waals surface area contributed by atoms with Crippen molar-refractivity contribution >= 4 is 60.7 Å². The van der Waals surface area contributed by atoms with Gasteiger partial charge in [0.1, 0.15) is 27.6 Å². The zero-order valence-corrected chi connectivity index (χ0v) is 23.0. The number of rotatable bonds is 6. The molecule has 0 spiro atoms. The number of fused-ring (bicyclic) bond motifs is 1. The van der Waals surface area contributed by atoms with Crippen molar-refractivity contribution in [1.29, 1.82) is 0 Å². The molecule has 0 atom stereocenters. The Bertz CT molecular complexity index is 1430. The van der Waals surface area contributed by atoms with Gasteiger partial charge < -0.3 is 14.4 Å². The fourth-order valence-electron chi connectivity index (χ4n) is 4.86. The molecule has 0 radical (unpaired) electrons. The fourth-order valence-corrected chi connectivity index (χ4v) is 7.18. The highest BCUT2D eigenvalue weighted by Crippen LogP contribution is 2.47. The Labute approximate surface area is 229 Å². The summed E-state index contributed by atoms with van der Waals surface area (Å²) in [6.07, 6.45) is 4.38. The molecule has 2 saturated carbocycles. The Hall–Kier alpha value is -1.55. The third-order valence-electron chi connectivity index (χ3n) is 7.00. The van der Waals surface area contributed by atoms with Crippen LogP contribution < -0.4 is 0 Å². The summed E-state index contributed by atoms with van der Waals surface area (Å²) in [4.78, 5) is 4.45. The summed E-state index contributed by atoms with van der Waals surface area (Å²) in [6, 6.07) is 8.59. The molecule has 2 aliphatic carbocycles. The van der Waals surface area contributed by atoms with Crippen molar-refractivity contribution in [3.63, 3.8) is 0 Å². The number of thiazole rings is 1. The normalized spacial score (nSPS) is 22.4. The van der Waals surface area contributed by atoms with E-state index in [2.05, 4.69) is 26.1 Å². The summed E-state index contributed by atoms with van der Waals surface area (Å²) in [5, 5.41) is 17.3. The molecule has 0 aliphatic heterocycles. The van der Waals surface area contributed by atoms with Crippen molar-refractivity contribution in [2.24, 2.45) is 0 Å². The number of hydrogen-bond acceptors (Lipinski definition) is 6. The average Bonchev–Trinajstić information content (AvgIpc) is 3.45. The largest absolute Gasteiger partial charge is 0.383 e. The van der Waals surface area contributed by atoms with Crippen LogP contribution in [0.3, 0.4) is 0 Å². The van der Waals surface area contributed by atoms with E-state index in [0.29, 0.717) is 74.5 Å². The first-order chi connectivity index (χ1) is 17.3. The summed E-state index contributed by atoms with van der Waals surface area (Å²) >= 11 is 17.6. The van der Waals surface area contributed by atoms with Crippen LogP contribution in [0.5, 0.6) is 0 Å². The standard InChI is InChI=1S/C26H22BrCl2FN2O3S/c27-14-10-19(30)23-20(11-14)36-25(31-23)26(33)8-6-15(7-9-26)34-12-16-22(32-35-24(16)13-4-5-13)21-17(28)2-1-3-18(21)29/h1-3,10-11,13,15,33H,4-9,12H2/t15-,26-. The van der Waals surface area contributed by atoms with E-state index in [-0.39, 0.29) is 6.10 Å². The number of hydrogen-bond donors (Lipinski definition) is 1. The van der Waals surface area contributed by atoms with Gasteiger partial charge in [0, 0.05) is 21.5 Å². The van der Waals surface area contributed by atoms with Crippen LogP contribution in [0.25, 0.3) is 21.5 Å². The molecule has 10 heteroatoms. The van der Waals surface area contributed by atoms with Gasteiger partial charge in [0.15, 0.2) is 5.82 Å². The SMILES string of the molecule is O[C@]1(c2nc3c(F)cc(Br)cc3s2)CC[C@@H](OCc2c(-c3c(Cl)cccc3Cl)noc2C2CC2)CC1. The Balaban J connectivity index is 1.18. The van der Waals surface area contributed by atoms with Gasteiger partial charge in [0.2, 0.25) is 0 Å². The van der Waals surface area contributed by atoms with Crippen LogP contribution in [-0.2, 0) is 16.9 Å². The second-order valence-corrected chi connectivity index (χ2v) is 12.3. The van der Waals surface area contributed by atoms with Crippen molar-refractivity contribution < 1.29 is 18.8 Å². The van der Waals surface area contributed by atoms with Crippen molar-refractivity contribution in [1.82, 2.24) is 10.1 Å². The molecule has 2 fully saturated rings. The first-order valence-corrected chi connectivity index (χ1v) is 14.2. The maximum Gasteiger partial charge on any atom is 0.151 e. The lowest BCUT2D eigenvalue weighted by Gasteiger charge is -2.34. The van der Waals surface area contributed by atoms with Gasteiger partial charge in [-0.05, 0) is 62.8 Å². The molecule has 2 heterocycles. The minimum absolute atomic E-state index is 0.0398. The Kier molecular flexibility index (Phi) is 6.63. The molecule has 2 aromatic heterocycles. The molecule has 2 aromatic carbocycles. The van der Waals surface area contributed by atoms with Crippen LogP contribution in [-0.4, -0.2) is 21.4 Å². The van der Waals surface area contributed by atoms with Gasteiger partial charge >= 0.3 is 0 Å². The van der Waals surface area contributed by atoms with E-state index < -0.39 is 11.4 Å². The van der Waals surface area contributed by atoms with Gasteiger partial charge in [-0.25, -0.2) is 9.37 Å². The first-order valence-electron chi connectivity index (χ1n) is 11.9. The zero-order valence-electron chi connectivity index (χ0n) is 19.1. The van der Waals surface area contributed by atoms with Crippen molar-refractivity contribution in [2.75, 3.05) is 0 Å². The van der Waals surface area contributed by atoms with Gasteiger partial charge in [-0.1, -0.05) is 50.4 Å². The average molecular weight is 612 g/mol. The highest BCUT2D eigenvalue weighted by atomic mass is 79.9. The van der Waals surface area contributed by atoms with Gasteiger partial charge in [0.05, 0.1) is 27.5 Å². The van der Waals surface area contributed by atoms with Crippen molar-refractivity contribution in [3.05, 3.63) is 67.0 Å². The van der Waals surface area contributed by atoms with Gasteiger partial charge in [0.25, 0.3) is 0 Å². The van der Waals surface area contributed by atoms with E-state index in [0.717, 1.165) is 28.9 Å². The number of halogens is 4. The third-order valence-corrected chi connectivity index (χ3v) is 9.28. The molecule has 188 valence electrons. The van der Waals surface area contributed by atoms with Crippen LogP contribution in [0.15, 0.2) is 39.3 Å². The van der Waals surface area contributed by atoms with Crippen LogP contribution in [0, 0.1) is 5.82 Å². The van der Waals surface area contributed by atoms with E-state index in [9.17, 15) is 9.50 Å². The van der Waals surface area contributed by atoms with Crippen LogP contribution >= 0.6 is 50.5 Å². The van der Waals surface area contributed by atoms with E-state index in [4.69, 9.17) is 32.5 Å². The Morgan fingerprint density at radius 3 is 2.58 bits per heavy atom. The lowest BCUT2D eigenvalue weighted by Crippen LogP contribution is -2.34.